The Labute approximate surface area is 123 Å². The maximum Gasteiger partial charge on any atom is 0.134 e. The lowest BCUT2D eigenvalue weighted by atomic mass is 10.1. The molecule has 4 nitrogen and oxygen atoms in total. The topological polar surface area (TPSA) is 49.8 Å². The Balaban J connectivity index is 2.61. The predicted molar refractivity (Wildman–Crippen MR) is 87.5 cm³/mol. The standard InChI is InChI=1S/C16H30N4/c1-6-14-19-15(17-7-2)13(5)16(20-14)18-11-9-8-10-12(3)4/h12H,6-11H2,1-5H3,(H2,17,18,19,20). The zero-order valence-corrected chi connectivity index (χ0v) is 13.7. The second-order valence-electron chi connectivity index (χ2n) is 5.66. The van der Waals surface area contributed by atoms with Crippen molar-refractivity contribution in [3.05, 3.63) is 11.4 Å². The Bertz CT molecular complexity index is 402. The van der Waals surface area contributed by atoms with Gasteiger partial charge in [-0.15, -0.1) is 0 Å². The maximum atomic E-state index is 4.60. The molecule has 0 spiro atoms. The molecule has 0 aliphatic heterocycles. The molecule has 0 aromatic carbocycles. The van der Waals surface area contributed by atoms with Crippen LogP contribution in [0.4, 0.5) is 11.6 Å². The van der Waals surface area contributed by atoms with E-state index < -0.39 is 0 Å². The molecule has 1 heterocycles. The SMILES string of the molecule is CCNc1nc(CC)nc(NCCCCC(C)C)c1C. The molecule has 0 unspecified atom stereocenters. The van der Waals surface area contributed by atoms with Crippen molar-refractivity contribution in [1.29, 1.82) is 0 Å². The van der Waals surface area contributed by atoms with Crippen molar-refractivity contribution in [3.63, 3.8) is 0 Å². The first-order valence-electron chi connectivity index (χ1n) is 7.93. The second kappa shape index (κ2) is 8.77. The van der Waals surface area contributed by atoms with Gasteiger partial charge in [-0.05, 0) is 26.2 Å². The number of hydrogen-bond acceptors (Lipinski definition) is 4. The van der Waals surface area contributed by atoms with Gasteiger partial charge in [0.1, 0.15) is 17.5 Å². The minimum Gasteiger partial charge on any atom is -0.370 e. The van der Waals surface area contributed by atoms with E-state index in [1.807, 2.05) is 0 Å². The van der Waals surface area contributed by atoms with E-state index in [1.165, 1.54) is 19.3 Å². The highest BCUT2D eigenvalue weighted by atomic mass is 15.1. The van der Waals surface area contributed by atoms with E-state index in [-0.39, 0.29) is 0 Å². The van der Waals surface area contributed by atoms with E-state index in [2.05, 4.69) is 55.2 Å². The molecular formula is C16H30N4. The van der Waals surface area contributed by atoms with E-state index in [4.69, 9.17) is 0 Å². The smallest absolute Gasteiger partial charge is 0.134 e. The summed E-state index contributed by atoms with van der Waals surface area (Å²) in [6.45, 7) is 12.7. The van der Waals surface area contributed by atoms with Crippen molar-refractivity contribution in [2.45, 2.75) is 60.3 Å². The lowest BCUT2D eigenvalue weighted by molar-refractivity contribution is 0.544. The molecule has 0 fully saturated rings. The summed E-state index contributed by atoms with van der Waals surface area (Å²) in [5.41, 5.74) is 1.12. The second-order valence-corrected chi connectivity index (χ2v) is 5.66. The molecule has 0 bridgehead atoms. The van der Waals surface area contributed by atoms with E-state index in [0.717, 1.165) is 48.5 Å². The fourth-order valence-corrected chi connectivity index (χ4v) is 2.12. The van der Waals surface area contributed by atoms with Gasteiger partial charge >= 0.3 is 0 Å². The van der Waals surface area contributed by atoms with Crippen LogP contribution in [0.5, 0.6) is 0 Å². The molecule has 2 N–H and O–H groups in total. The molecule has 114 valence electrons. The molecule has 4 heteroatoms. The zero-order chi connectivity index (χ0) is 15.0. The highest BCUT2D eigenvalue weighted by molar-refractivity contribution is 5.57. The van der Waals surface area contributed by atoms with Gasteiger partial charge in [-0.3, -0.25) is 0 Å². The summed E-state index contributed by atoms with van der Waals surface area (Å²) in [4.78, 5) is 9.15. The lowest BCUT2D eigenvalue weighted by Gasteiger charge is -2.14. The summed E-state index contributed by atoms with van der Waals surface area (Å²) in [6.07, 6.45) is 4.63. The van der Waals surface area contributed by atoms with Crippen LogP contribution >= 0.6 is 0 Å². The number of nitrogens with zero attached hydrogens (tertiary/aromatic N) is 2. The van der Waals surface area contributed by atoms with Crippen molar-refractivity contribution in [1.82, 2.24) is 9.97 Å². The molecule has 0 atom stereocenters. The largest absolute Gasteiger partial charge is 0.370 e. The van der Waals surface area contributed by atoms with Crippen LogP contribution in [-0.4, -0.2) is 23.1 Å². The van der Waals surface area contributed by atoms with E-state index >= 15 is 0 Å². The monoisotopic (exact) mass is 278 g/mol. The van der Waals surface area contributed by atoms with E-state index in [0.29, 0.717) is 0 Å². The molecule has 0 aliphatic carbocycles. The van der Waals surface area contributed by atoms with Gasteiger partial charge in [-0.2, -0.15) is 0 Å². The van der Waals surface area contributed by atoms with Gasteiger partial charge in [0.15, 0.2) is 0 Å². The van der Waals surface area contributed by atoms with E-state index in [9.17, 15) is 0 Å². The van der Waals surface area contributed by atoms with Gasteiger partial charge < -0.3 is 10.6 Å². The third kappa shape index (κ3) is 5.35. The summed E-state index contributed by atoms with van der Waals surface area (Å²) >= 11 is 0. The molecule has 20 heavy (non-hydrogen) atoms. The minimum atomic E-state index is 0.794. The third-order valence-electron chi connectivity index (χ3n) is 3.35. The van der Waals surface area contributed by atoms with Gasteiger partial charge in [0.25, 0.3) is 0 Å². The number of rotatable bonds is 9. The first-order chi connectivity index (χ1) is 9.58. The number of nitrogens with one attached hydrogen (secondary N) is 2. The van der Waals surface area contributed by atoms with Crippen LogP contribution in [0, 0.1) is 12.8 Å². The van der Waals surface area contributed by atoms with Gasteiger partial charge in [0, 0.05) is 25.1 Å². The molecular weight excluding hydrogens is 248 g/mol. The zero-order valence-electron chi connectivity index (χ0n) is 13.7. The number of anilines is 2. The fraction of sp³-hybridized carbons (Fsp3) is 0.750. The Morgan fingerprint density at radius 2 is 1.65 bits per heavy atom. The first-order valence-corrected chi connectivity index (χ1v) is 7.93. The van der Waals surface area contributed by atoms with Gasteiger partial charge in [0.05, 0.1) is 0 Å². The van der Waals surface area contributed by atoms with Crippen molar-refractivity contribution in [2.75, 3.05) is 23.7 Å². The third-order valence-corrected chi connectivity index (χ3v) is 3.35. The highest BCUT2D eigenvalue weighted by Gasteiger charge is 2.09. The Morgan fingerprint density at radius 1 is 1.00 bits per heavy atom. The van der Waals surface area contributed by atoms with Gasteiger partial charge in [0.2, 0.25) is 0 Å². The van der Waals surface area contributed by atoms with Crippen molar-refractivity contribution in [2.24, 2.45) is 5.92 Å². The Kier molecular flexibility index (Phi) is 7.34. The normalized spacial score (nSPS) is 10.9. The van der Waals surface area contributed by atoms with Crippen LogP contribution in [0.1, 0.15) is 58.3 Å². The van der Waals surface area contributed by atoms with Crippen LogP contribution in [0.15, 0.2) is 0 Å². The van der Waals surface area contributed by atoms with Gasteiger partial charge in [-0.25, -0.2) is 9.97 Å². The Morgan fingerprint density at radius 3 is 2.20 bits per heavy atom. The summed E-state index contributed by atoms with van der Waals surface area (Å²) in [7, 11) is 0. The average Bonchev–Trinajstić information content (AvgIpc) is 2.42. The number of aromatic nitrogens is 2. The molecule has 0 aliphatic rings. The molecule has 1 aromatic rings. The molecule has 1 aromatic heterocycles. The van der Waals surface area contributed by atoms with Crippen LogP contribution in [0.3, 0.4) is 0 Å². The van der Waals surface area contributed by atoms with E-state index in [1.54, 1.807) is 0 Å². The van der Waals surface area contributed by atoms with Gasteiger partial charge in [-0.1, -0.05) is 33.6 Å². The number of hydrogen-bond donors (Lipinski definition) is 2. The van der Waals surface area contributed by atoms with Crippen molar-refractivity contribution in [3.8, 4) is 0 Å². The predicted octanol–water partition coefficient (Wildman–Crippen LogP) is 4.02. The average molecular weight is 278 g/mol. The van der Waals surface area contributed by atoms with Crippen LogP contribution in [0.25, 0.3) is 0 Å². The number of aryl methyl sites for hydroxylation is 1. The first kappa shape index (κ1) is 16.7. The molecule has 0 saturated heterocycles. The van der Waals surface area contributed by atoms with Crippen molar-refractivity contribution < 1.29 is 0 Å². The van der Waals surface area contributed by atoms with Crippen LogP contribution in [-0.2, 0) is 6.42 Å². The molecule has 0 radical (unpaired) electrons. The summed E-state index contributed by atoms with van der Waals surface area (Å²) in [5.74, 6) is 3.64. The molecule has 0 amide bonds. The summed E-state index contributed by atoms with van der Waals surface area (Å²) in [6, 6.07) is 0. The molecule has 1 rings (SSSR count). The quantitative estimate of drug-likeness (QED) is 0.670. The highest BCUT2D eigenvalue weighted by Crippen LogP contribution is 2.20. The minimum absolute atomic E-state index is 0.794. The summed E-state index contributed by atoms with van der Waals surface area (Å²) in [5, 5.41) is 6.79. The van der Waals surface area contributed by atoms with Crippen LogP contribution in [0.2, 0.25) is 0 Å². The molecule has 0 saturated carbocycles. The Hall–Kier alpha value is -1.32. The van der Waals surface area contributed by atoms with Crippen LogP contribution < -0.4 is 10.6 Å². The number of unbranched alkanes of at least 4 members (excludes halogenated alkanes) is 1. The lowest BCUT2D eigenvalue weighted by Crippen LogP contribution is -2.11. The summed E-state index contributed by atoms with van der Waals surface area (Å²) < 4.78 is 0. The fourth-order valence-electron chi connectivity index (χ4n) is 2.12. The van der Waals surface area contributed by atoms with Crippen molar-refractivity contribution >= 4 is 11.6 Å². The maximum absolute atomic E-state index is 4.60.